The molecule has 0 aromatic carbocycles. The summed E-state index contributed by atoms with van der Waals surface area (Å²) >= 11 is 0. The van der Waals surface area contributed by atoms with Crippen molar-refractivity contribution in [2.24, 2.45) is 45.3 Å². The average molecular weight is 855 g/mol. The van der Waals surface area contributed by atoms with Gasteiger partial charge in [-0.15, -0.1) is 0 Å². The summed E-state index contributed by atoms with van der Waals surface area (Å²) in [4.78, 5) is 40.1. The van der Waals surface area contributed by atoms with Crippen LogP contribution in [-0.2, 0) is 58.1 Å². The Morgan fingerprint density at radius 1 is 0.375 bits per heavy atom. The van der Waals surface area contributed by atoms with Crippen LogP contribution >= 0.6 is 0 Å². The van der Waals surface area contributed by atoms with Crippen LogP contribution in [0.5, 0.6) is 0 Å². The molecule has 8 nitrogen and oxygen atoms in total. The van der Waals surface area contributed by atoms with Gasteiger partial charge in [0.15, 0.2) is 0 Å². The molecule has 4 bridgehead atoms. The first kappa shape index (κ1) is 64.6. The zero-order valence-electron chi connectivity index (χ0n) is 32.5. The maximum atomic E-state index is 10.0. The summed E-state index contributed by atoms with van der Waals surface area (Å²) in [6.07, 6.45) is 21.1. The summed E-state index contributed by atoms with van der Waals surface area (Å²) in [5, 5.41) is 33.0. The minimum Gasteiger partial charge on any atom is -0.481 e. The number of hydrogen-bond donors (Lipinski definition) is 4. The van der Waals surface area contributed by atoms with Crippen molar-refractivity contribution in [1.29, 1.82) is 0 Å². The molecule has 10 heteroatoms. The van der Waals surface area contributed by atoms with Crippen LogP contribution in [0.1, 0.15) is 95.9 Å². The Bertz CT molecular complexity index is 829. The van der Waals surface area contributed by atoms with Crippen molar-refractivity contribution in [2.45, 2.75) is 95.9 Å². The van der Waals surface area contributed by atoms with Gasteiger partial charge in [-0.3, -0.25) is 19.2 Å². The molecular weight excluding hydrogens is 787 g/mol. The number of carbonyl (C=O) groups is 4. The quantitative estimate of drug-likeness (QED) is 0.107. The largest absolute Gasteiger partial charge is 2.00 e. The van der Waals surface area contributed by atoms with E-state index in [2.05, 4.69) is 48.6 Å². The second kappa shape index (κ2) is 27.9. The third-order valence-corrected chi connectivity index (χ3v) is 6.08. The Labute approximate surface area is 320 Å². The Hall–Kier alpha value is -1.91. The third-order valence-electron chi connectivity index (χ3n) is 6.08. The topological polar surface area (TPSA) is 149 Å². The van der Waals surface area contributed by atoms with Crippen LogP contribution in [0.3, 0.4) is 0 Å². The number of allylic oxidation sites excluding steroid dienone is 8. The maximum absolute atomic E-state index is 10.0. The van der Waals surface area contributed by atoms with Gasteiger partial charge < -0.3 is 50.1 Å². The van der Waals surface area contributed by atoms with E-state index in [0.29, 0.717) is 0 Å². The molecule has 0 amide bonds. The number of hydrogen-bond acceptors (Lipinski definition) is 4. The number of fused-ring (bicyclic) bond motifs is 4. The molecule has 4 N–H and O–H groups in total. The zero-order chi connectivity index (χ0) is 33.7. The fraction of sp³-hybridized carbons (Fsp3) is 0.579. The van der Waals surface area contributed by atoms with Gasteiger partial charge in [0.25, 0.3) is 0 Å². The second-order valence-electron chi connectivity index (χ2n) is 14.9. The van der Waals surface area contributed by atoms with Gasteiger partial charge in [-0.2, -0.15) is 0 Å². The molecule has 0 radical (unpaired) electrons. The smallest absolute Gasteiger partial charge is 0.481 e. The summed E-state index contributed by atoms with van der Waals surface area (Å²) in [6, 6.07) is 0. The van der Waals surface area contributed by atoms with Crippen LogP contribution in [0.4, 0.5) is 0 Å². The molecule has 0 aliphatic heterocycles. The monoisotopic (exact) mass is 856 g/mol. The van der Waals surface area contributed by atoms with Gasteiger partial charge in [0.05, 0.1) is 21.7 Å². The number of rotatable bonds is 0. The number of carboxylic acid groups (broad SMARTS) is 4. The molecule has 284 valence electrons. The summed E-state index contributed by atoms with van der Waals surface area (Å²) in [5.41, 5.74) is -2.33. The standard InChI is InChI=1S/2C7H8.4C5H10O2.4CH3.2Ru/c2*1-2-7-4-3-6(1)5-7;4*1-5(2,3)4(6)7;;;;;;/h2*1-4,6-7H,5H2;4*1-3H3,(H,6,7);4*1H3;;/q;;;;;;4*-1;2*+2. The van der Waals surface area contributed by atoms with E-state index in [4.69, 9.17) is 20.4 Å². The SMILES string of the molecule is C1=CC2C=CC1C2.C1=CC2C=CC1C2.CC(C)(C)C(=O)O.CC(C)(C)C(=O)O.CC(C)(C)C(=O)O.CC(C)(C)C(=O)O.[CH3-].[CH3-].[CH3-].[CH3-].[Ru+2].[Ru+2]. The molecule has 48 heavy (non-hydrogen) atoms. The van der Waals surface area contributed by atoms with Gasteiger partial charge in [0, 0.05) is 0 Å². The summed E-state index contributed by atoms with van der Waals surface area (Å²) in [6.45, 7) is 19.9. The predicted octanol–water partition coefficient (Wildman–Crippen LogP) is 9.76. The average Bonchev–Trinajstić information content (AvgIpc) is 3.62. The Kier molecular flexibility index (Phi) is 37.5. The van der Waals surface area contributed by atoms with E-state index in [0.717, 1.165) is 23.7 Å². The van der Waals surface area contributed by atoms with E-state index in [1.807, 2.05) is 0 Å². The number of aliphatic carboxylic acids is 4. The van der Waals surface area contributed by atoms with Gasteiger partial charge >= 0.3 is 62.8 Å². The molecule has 4 aliphatic carbocycles. The summed E-state index contributed by atoms with van der Waals surface area (Å²) in [7, 11) is 0. The molecule has 0 aromatic heterocycles. The molecule has 0 unspecified atom stereocenters. The molecule has 0 fully saturated rings. The molecule has 0 aromatic rings. The van der Waals surface area contributed by atoms with E-state index in [1.165, 1.54) is 12.8 Å². The minimum atomic E-state index is -0.757. The second-order valence-corrected chi connectivity index (χ2v) is 14.9. The number of carboxylic acids is 4. The summed E-state index contributed by atoms with van der Waals surface area (Å²) < 4.78 is 0. The first-order valence-corrected chi connectivity index (χ1v) is 14.3. The molecule has 0 saturated carbocycles. The molecule has 4 rings (SSSR count). The van der Waals surface area contributed by atoms with Crippen LogP contribution < -0.4 is 0 Å². The van der Waals surface area contributed by atoms with Gasteiger partial charge in [0.2, 0.25) is 0 Å². The van der Waals surface area contributed by atoms with E-state index in [1.54, 1.807) is 83.1 Å². The fourth-order valence-corrected chi connectivity index (χ4v) is 2.66. The van der Waals surface area contributed by atoms with Gasteiger partial charge in [-0.05, 0) is 120 Å². The first-order valence-electron chi connectivity index (χ1n) is 14.3. The first-order chi connectivity index (χ1) is 18.7. The van der Waals surface area contributed by atoms with Crippen molar-refractivity contribution in [3.8, 4) is 0 Å². The molecular formula is C38H68O8Ru2. The Balaban J connectivity index is -0.0000000650. The van der Waals surface area contributed by atoms with Crippen molar-refractivity contribution in [2.75, 3.05) is 0 Å². The van der Waals surface area contributed by atoms with Crippen molar-refractivity contribution < 1.29 is 78.6 Å². The summed E-state index contributed by atoms with van der Waals surface area (Å²) in [5.74, 6) is 0.213. The van der Waals surface area contributed by atoms with Crippen molar-refractivity contribution >= 4 is 23.9 Å². The van der Waals surface area contributed by atoms with E-state index >= 15 is 0 Å². The predicted molar refractivity (Wildman–Crippen MR) is 194 cm³/mol. The van der Waals surface area contributed by atoms with E-state index < -0.39 is 45.5 Å². The maximum Gasteiger partial charge on any atom is 2.00 e. The zero-order valence-corrected chi connectivity index (χ0v) is 35.9. The van der Waals surface area contributed by atoms with E-state index in [9.17, 15) is 19.2 Å². The van der Waals surface area contributed by atoms with E-state index in [-0.39, 0.29) is 68.7 Å². The van der Waals surface area contributed by atoms with Crippen LogP contribution in [0.15, 0.2) is 48.6 Å². The molecule has 4 aliphatic rings. The fourth-order valence-electron chi connectivity index (χ4n) is 2.66. The van der Waals surface area contributed by atoms with Crippen molar-refractivity contribution in [3.63, 3.8) is 0 Å². The Morgan fingerprint density at radius 3 is 0.479 bits per heavy atom. The van der Waals surface area contributed by atoms with Crippen LogP contribution in [0, 0.1) is 75.0 Å². The third kappa shape index (κ3) is 32.6. The van der Waals surface area contributed by atoms with Crippen LogP contribution in [0.25, 0.3) is 0 Å². The normalized spacial score (nSPS) is 19.2. The van der Waals surface area contributed by atoms with Gasteiger partial charge in [-0.1, -0.05) is 48.6 Å². The van der Waals surface area contributed by atoms with Crippen molar-refractivity contribution in [3.05, 3.63) is 78.3 Å². The van der Waals surface area contributed by atoms with Gasteiger partial charge in [0.1, 0.15) is 0 Å². The van der Waals surface area contributed by atoms with Crippen LogP contribution in [0.2, 0.25) is 0 Å². The molecule has 0 saturated heterocycles. The van der Waals surface area contributed by atoms with Gasteiger partial charge in [-0.25, -0.2) is 0 Å². The van der Waals surface area contributed by atoms with Crippen molar-refractivity contribution in [1.82, 2.24) is 0 Å². The molecule has 0 spiro atoms. The Morgan fingerprint density at radius 2 is 0.458 bits per heavy atom. The van der Waals surface area contributed by atoms with Crippen LogP contribution in [-0.4, -0.2) is 44.3 Å². The molecule has 0 atom stereocenters. The molecule has 0 heterocycles. The minimum absolute atomic E-state index is 0.